The Bertz CT molecular complexity index is 2630. The Labute approximate surface area is 532 Å². The summed E-state index contributed by atoms with van der Waals surface area (Å²) >= 11 is 0. The number of primary amides is 1. The number of likely N-dealkylation sites (N-methyl/N-ethyl adjacent to an activating group) is 1. The van der Waals surface area contributed by atoms with Crippen LogP contribution in [0.2, 0.25) is 0 Å². The first-order valence-electron chi connectivity index (χ1n) is 31.1. The fourth-order valence-corrected chi connectivity index (χ4v) is 9.45. The van der Waals surface area contributed by atoms with Crippen LogP contribution in [0.5, 0.6) is 5.75 Å². The van der Waals surface area contributed by atoms with E-state index < -0.39 is 193 Å². The van der Waals surface area contributed by atoms with E-state index in [2.05, 4.69) is 63.8 Å². The molecule has 11 amide bonds. The quantitative estimate of drug-likeness (QED) is 0.0136. The number of nitrogens with two attached hydrogens (primary N) is 2. The molecule has 512 valence electrons. The molecular weight excluding hydrogens is 1190 g/mol. The molecular formula is C60H101N15O16. The molecule has 31 heteroatoms. The van der Waals surface area contributed by atoms with Crippen molar-refractivity contribution in [1.29, 1.82) is 5.41 Å². The normalized spacial score (nSPS) is 20.7. The van der Waals surface area contributed by atoms with Gasteiger partial charge in [0.1, 0.15) is 72.3 Å². The van der Waals surface area contributed by atoms with Gasteiger partial charge in [0.25, 0.3) is 0 Å². The highest BCUT2D eigenvalue weighted by Gasteiger charge is 2.41. The second-order valence-corrected chi connectivity index (χ2v) is 23.2. The van der Waals surface area contributed by atoms with Gasteiger partial charge in [0, 0.05) is 13.0 Å². The molecule has 16 atom stereocenters. The zero-order valence-corrected chi connectivity index (χ0v) is 54.5. The van der Waals surface area contributed by atoms with Crippen molar-refractivity contribution < 1.29 is 77.2 Å². The largest absolute Gasteiger partial charge is 0.497 e. The SMILES string of the molecule is CC[C@H](C)[C@H](NC(=O)[C@@H](Cc1ccc(OC)cc1)NC)C(=O)N[C@@H](CO)C(=O)N[C@H](CCC(N)=O)C(=O)N[C@@H](C(=O)N[C@H](C(=O)N[C@@H](CO)C(=O)N[C@H]1C(=O)N[C@@H](C)C(=O)N[C@@H](CCCCNC(=N)N)C(=O)N[C@@H]([C@@H](C)CC)C(=O)O[C@H]1C)[C@@H](C)CC)[C@@H](C)CC. The van der Waals surface area contributed by atoms with Gasteiger partial charge in [-0.3, -0.25) is 58.1 Å². The Morgan fingerprint density at radius 2 is 1.11 bits per heavy atom. The summed E-state index contributed by atoms with van der Waals surface area (Å²) in [6.45, 7) is 14.4. The third-order valence-corrected chi connectivity index (χ3v) is 16.3. The first kappa shape index (κ1) is 78.9. The molecule has 0 aliphatic carbocycles. The second-order valence-electron chi connectivity index (χ2n) is 23.2. The van der Waals surface area contributed by atoms with Crippen molar-refractivity contribution in [3.05, 3.63) is 29.8 Å². The molecule has 0 aromatic heterocycles. The minimum Gasteiger partial charge on any atom is -0.497 e. The number of guanidine groups is 1. The van der Waals surface area contributed by atoms with Gasteiger partial charge in [-0.15, -0.1) is 0 Å². The number of rotatable bonds is 36. The maximum Gasteiger partial charge on any atom is 0.329 e. The van der Waals surface area contributed by atoms with E-state index in [9.17, 15) is 67.7 Å². The number of methoxy groups -OCH3 is 1. The van der Waals surface area contributed by atoms with E-state index >= 15 is 0 Å². The number of aliphatic hydroxyl groups excluding tert-OH is 2. The van der Waals surface area contributed by atoms with E-state index in [0.717, 1.165) is 5.56 Å². The molecule has 1 aliphatic heterocycles. The summed E-state index contributed by atoms with van der Waals surface area (Å²) in [4.78, 5) is 166. The molecule has 1 fully saturated rings. The van der Waals surface area contributed by atoms with E-state index in [4.69, 9.17) is 26.4 Å². The molecule has 0 saturated carbocycles. The monoisotopic (exact) mass is 1290 g/mol. The van der Waals surface area contributed by atoms with Crippen LogP contribution in [-0.2, 0) is 68.7 Å². The lowest BCUT2D eigenvalue weighted by atomic mass is 9.94. The van der Waals surface area contributed by atoms with Crippen molar-refractivity contribution in [2.24, 2.45) is 35.1 Å². The fraction of sp³-hybridized carbons (Fsp3) is 0.683. The predicted octanol–water partition coefficient (Wildman–Crippen LogP) is -3.27. The maximum atomic E-state index is 14.4. The average molecular weight is 1290 g/mol. The fourth-order valence-electron chi connectivity index (χ4n) is 9.45. The molecule has 1 aromatic carbocycles. The summed E-state index contributed by atoms with van der Waals surface area (Å²) in [5, 5.41) is 59.4. The minimum atomic E-state index is -1.83. The molecule has 1 aromatic rings. The number of hydrogen-bond donors (Lipinski definition) is 17. The summed E-state index contributed by atoms with van der Waals surface area (Å²) in [5.74, 6) is -12.9. The molecule has 0 unspecified atom stereocenters. The van der Waals surface area contributed by atoms with Crippen LogP contribution in [0.15, 0.2) is 24.3 Å². The number of cyclic esters (lactones) is 1. The third kappa shape index (κ3) is 25.6. The van der Waals surface area contributed by atoms with E-state index in [1.54, 1.807) is 86.7 Å². The highest BCUT2D eigenvalue weighted by Crippen LogP contribution is 2.18. The molecule has 0 spiro atoms. The molecule has 1 heterocycles. The number of benzene rings is 1. The van der Waals surface area contributed by atoms with Crippen LogP contribution in [0.3, 0.4) is 0 Å². The highest BCUT2D eigenvalue weighted by atomic mass is 16.5. The molecule has 1 saturated heterocycles. The number of hydrogen-bond acceptors (Lipinski definition) is 18. The molecule has 2 rings (SSSR count). The number of carbonyl (C=O) groups is 12. The smallest absolute Gasteiger partial charge is 0.329 e. The van der Waals surface area contributed by atoms with Crippen LogP contribution >= 0.6 is 0 Å². The molecule has 0 bridgehead atoms. The van der Waals surface area contributed by atoms with Gasteiger partial charge in [0.2, 0.25) is 65.0 Å². The third-order valence-electron chi connectivity index (χ3n) is 16.3. The number of amides is 11. The van der Waals surface area contributed by atoms with Gasteiger partial charge in [-0.1, -0.05) is 93.2 Å². The standard InChI is InChI=1S/C60H101N15O16/c1-13-30(5)44(72-52(82)40(64-11)27-36-20-22-37(90-12)23-21-36)55(85)69-41(28-76)53(83)68-39(24-25-43(61)78)51(81)71-46(32(7)15-3)57(87)73-45(31(6)14-2)56(86)70-42(29-77)54(84)75-48-35(10)91-59(89)47(33(8)16-4)74-50(80)38(19-17-18-26-65-60(62)63)67-49(79)34(9)66-58(48)88/h20-23,30-35,38-42,44-48,64,76-77H,13-19,24-29H2,1-12H3,(H2,61,78)(H,66,88)(H,67,79)(H,68,83)(H,69,85)(H,70,86)(H,71,81)(H,72,82)(H,73,87)(H,74,80)(H,75,84)(H4,62,63,65)/t30-,31-,32-,33-,34-,35-,38-,39+,40+,41-,42-,44-,45-,46+,47-,48+/m0/s1. The van der Waals surface area contributed by atoms with Gasteiger partial charge in [0.05, 0.1) is 26.4 Å². The second kappa shape index (κ2) is 39.8. The number of esters is 1. The van der Waals surface area contributed by atoms with Crippen molar-refractivity contribution in [2.75, 3.05) is 33.9 Å². The molecule has 31 nitrogen and oxygen atoms in total. The van der Waals surface area contributed by atoms with Crippen molar-refractivity contribution >= 4 is 76.9 Å². The Hall–Kier alpha value is -8.19. The van der Waals surface area contributed by atoms with Crippen molar-refractivity contribution in [3.63, 3.8) is 0 Å². The van der Waals surface area contributed by atoms with Crippen LogP contribution in [0, 0.1) is 29.1 Å². The Balaban J connectivity index is 2.40. The number of aliphatic hydroxyl groups is 2. The molecule has 19 N–H and O–H groups in total. The Morgan fingerprint density at radius 1 is 0.626 bits per heavy atom. The van der Waals surface area contributed by atoms with Gasteiger partial charge in [-0.25, -0.2) is 4.79 Å². The molecule has 0 radical (unpaired) electrons. The number of ether oxygens (including phenoxy) is 2. The lowest BCUT2D eigenvalue weighted by Crippen LogP contribution is -2.63. The highest BCUT2D eigenvalue weighted by molar-refractivity contribution is 5.99. The zero-order chi connectivity index (χ0) is 68.8. The van der Waals surface area contributed by atoms with Crippen LogP contribution in [0.1, 0.15) is 133 Å². The minimum absolute atomic E-state index is 0.0944. The van der Waals surface area contributed by atoms with Crippen LogP contribution in [0.25, 0.3) is 0 Å². The summed E-state index contributed by atoms with van der Waals surface area (Å²) < 4.78 is 10.9. The van der Waals surface area contributed by atoms with Crippen LogP contribution < -0.4 is 80.0 Å². The number of carbonyl (C=O) groups excluding carboxylic acids is 12. The first-order valence-corrected chi connectivity index (χ1v) is 31.1. The first-order chi connectivity index (χ1) is 42.9. The predicted molar refractivity (Wildman–Crippen MR) is 334 cm³/mol. The number of unbranched alkanes of at least 4 members (excludes halogenated alkanes) is 1. The van der Waals surface area contributed by atoms with Crippen molar-refractivity contribution in [3.8, 4) is 5.75 Å². The van der Waals surface area contributed by atoms with Gasteiger partial charge >= 0.3 is 5.97 Å². The summed E-state index contributed by atoms with van der Waals surface area (Å²) in [7, 11) is 3.11. The maximum absolute atomic E-state index is 14.4. The van der Waals surface area contributed by atoms with Gasteiger partial charge in [0.15, 0.2) is 5.96 Å². The summed E-state index contributed by atoms with van der Waals surface area (Å²) in [5.41, 5.74) is 11.6. The van der Waals surface area contributed by atoms with Gasteiger partial charge in [-0.2, -0.15) is 0 Å². The Kier molecular flexibility index (Phi) is 34.5. The van der Waals surface area contributed by atoms with E-state index in [0.29, 0.717) is 38.0 Å². The van der Waals surface area contributed by atoms with Crippen molar-refractivity contribution in [1.82, 2.24) is 63.8 Å². The van der Waals surface area contributed by atoms with Crippen LogP contribution in [-0.4, -0.2) is 194 Å². The van der Waals surface area contributed by atoms with E-state index in [1.165, 1.54) is 21.0 Å². The van der Waals surface area contributed by atoms with E-state index in [1.807, 2.05) is 0 Å². The Morgan fingerprint density at radius 3 is 1.58 bits per heavy atom. The van der Waals surface area contributed by atoms with Gasteiger partial charge in [-0.05, 0) is 94.4 Å². The lowest BCUT2D eigenvalue weighted by Gasteiger charge is -2.31. The molecule has 1 aliphatic rings. The molecule has 91 heavy (non-hydrogen) atoms. The van der Waals surface area contributed by atoms with E-state index in [-0.39, 0.29) is 31.6 Å². The van der Waals surface area contributed by atoms with Crippen LogP contribution in [0.4, 0.5) is 0 Å². The lowest BCUT2D eigenvalue weighted by molar-refractivity contribution is -0.157. The van der Waals surface area contributed by atoms with Gasteiger partial charge < -0.3 is 95.0 Å². The zero-order valence-electron chi connectivity index (χ0n) is 54.5. The number of nitrogens with one attached hydrogen (secondary N) is 13. The van der Waals surface area contributed by atoms with Crippen molar-refractivity contribution in [2.45, 2.75) is 206 Å². The summed E-state index contributed by atoms with van der Waals surface area (Å²) in [6, 6.07) is -8.55. The average Bonchev–Trinajstić information content (AvgIpc) is 2.09. The topological polar surface area (TPSA) is 484 Å². The summed E-state index contributed by atoms with van der Waals surface area (Å²) in [6.07, 6.45) is 0.0713.